The van der Waals surface area contributed by atoms with E-state index >= 15 is 0 Å². The van der Waals surface area contributed by atoms with Crippen molar-refractivity contribution in [2.45, 2.75) is 31.8 Å². The molecule has 0 aliphatic heterocycles. The molecule has 8 heteroatoms. The van der Waals surface area contributed by atoms with Gasteiger partial charge in [-0.05, 0) is 25.0 Å². The highest BCUT2D eigenvalue weighted by Crippen LogP contribution is 2.28. The predicted octanol–water partition coefficient (Wildman–Crippen LogP) is 1.57. The second-order valence-electron chi connectivity index (χ2n) is 6.89. The fourth-order valence-electron chi connectivity index (χ4n) is 3.15. The van der Waals surface area contributed by atoms with Gasteiger partial charge in [0.2, 0.25) is 0 Å². The zero-order valence-corrected chi connectivity index (χ0v) is 15.2. The van der Waals surface area contributed by atoms with Crippen molar-refractivity contribution in [3.05, 3.63) is 58.4 Å². The number of nitrogens with zero attached hydrogens (tertiary/aromatic N) is 4. The van der Waals surface area contributed by atoms with Gasteiger partial charge in [0.05, 0.1) is 23.6 Å². The van der Waals surface area contributed by atoms with Crippen LogP contribution >= 0.6 is 0 Å². The van der Waals surface area contributed by atoms with Gasteiger partial charge in [-0.3, -0.25) is 9.48 Å². The molecule has 1 aromatic carbocycles. The molecule has 0 radical (unpaired) electrons. The second kappa shape index (κ2) is 7.22. The molecule has 0 atom stereocenters. The van der Waals surface area contributed by atoms with Gasteiger partial charge in [0.15, 0.2) is 0 Å². The lowest BCUT2D eigenvalue weighted by molar-refractivity contribution is 0.192. The Labute approximate surface area is 156 Å². The molecule has 0 unspecified atom stereocenters. The first-order valence-electron chi connectivity index (χ1n) is 9.10. The lowest BCUT2D eigenvalue weighted by Gasteiger charge is -2.22. The number of fused-ring (bicyclic) bond motifs is 1. The van der Waals surface area contributed by atoms with Crippen LogP contribution in [-0.4, -0.2) is 43.3 Å². The molecule has 0 bridgehead atoms. The summed E-state index contributed by atoms with van der Waals surface area (Å²) in [6.07, 6.45) is 6.25. The molecule has 1 aliphatic rings. The van der Waals surface area contributed by atoms with E-state index in [9.17, 15) is 9.59 Å². The van der Waals surface area contributed by atoms with Crippen LogP contribution in [0, 0.1) is 0 Å². The Morgan fingerprint density at radius 3 is 2.93 bits per heavy atom. The van der Waals surface area contributed by atoms with E-state index in [0.29, 0.717) is 42.3 Å². The van der Waals surface area contributed by atoms with Crippen LogP contribution in [0.2, 0.25) is 0 Å². The van der Waals surface area contributed by atoms with Crippen LogP contribution in [0.3, 0.4) is 0 Å². The molecule has 0 saturated heterocycles. The van der Waals surface area contributed by atoms with Crippen LogP contribution in [0.25, 0.3) is 10.9 Å². The van der Waals surface area contributed by atoms with E-state index in [1.54, 1.807) is 16.9 Å². The van der Waals surface area contributed by atoms with Crippen molar-refractivity contribution in [3.8, 4) is 0 Å². The van der Waals surface area contributed by atoms with Gasteiger partial charge in [-0.1, -0.05) is 12.1 Å². The minimum atomic E-state index is -0.155. The fourth-order valence-corrected chi connectivity index (χ4v) is 3.15. The van der Waals surface area contributed by atoms with E-state index in [-0.39, 0.29) is 11.6 Å². The van der Waals surface area contributed by atoms with Crippen molar-refractivity contribution >= 4 is 16.9 Å². The number of aryl methyl sites for hydroxylation is 1. The number of H-pyrrole nitrogens is 1. The zero-order chi connectivity index (χ0) is 18.8. The first-order chi connectivity index (χ1) is 13.1. The van der Waals surface area contributed by atoms with Gasteiger partial charge in [-0.25, -0.2) is 9.78 Å². The molecule has 1 fully saturated rings. The Kier molecular flexibility index (Phi) is 4.62. The maximum atomic E-state index is 12.6. The molecule has 8 nitrogen and oxygen atoms in total. The molecule has 0 spiro atoms. The summed E-state index contributed by atoms with van der Waals surface area (Å²) in [5.74, 6) is 0.573. The van der Waals surface area contributed by atoms with Crippen molar-refractivity contribution in [3.63, 3.8) is 0 Å². The van der Waals surface area contributed by atoms with E-state index in [0.717, 1.165) is 18.4 Å². The predicted molar refractivity (Wildman–Crippen MR) is 101 cm³/mol. The van der Waals surface area contributed by atoms with Crippen molar-refractivity contribution in [2.24, 2.45) is 7.05 Å². The van der Waals surface area contributed by atoms with Crippen LogP contribution < -0.4 is 10.9 Å². The van der Waals surface area contributed by atoms with Crippen LogP contribution in [-0.2, 0) is 20.0 Å². The Bertz CT molecular complexity index is 1020. The van der Waals surface area contributed by atoms with E-state index in [2.05, 4.69) is 20.4 Å². The quantitative estimate of drug-likeness (QED) is 0.692. The van der Waals surface area contributed by atoms with Gasteiger partial charge in [0.25, 0.3) is 5.56 Å². The smallest absolute Gasteiger partial charge is 0.317 e. The molecule has 4 rings (SSSR count). The maximum absolute atomic E-state index is 12.6. The molecule has 1 saturated carbocycles. The SMILES string of the molecule is Cn1cc(CN(C(=O)NCCc2nc3ccccc3c(=O)[nH]2)C2CC2)cn1. The molecule has 140 valence electrons. The van der Waals surface area contributed by atoms with Crippen LogP contribution in [0.1, 0.15) is 24.2 Å². The first-order valence-corrected chi connectivity index (χ1v) is 9.10. The number of benzene rings is 1. The second-order valence-corrected chi connectivity index (χ2v) is 6.89. The molecule has 2 heterocycles. The standard InChI is InChI=1S/C19H22N6O2/c1-24-11-13(10-21-24)12-25(14-6-7-14)19(27)20-9-8-17-22-16-5-3-2-4-15(16)18(26)23-17/h2-5,10-11,14H,6-9,12H2,1H3,(H,20,27)(H,22,23,26). The van der Waals surface area contributed by atoms with Gasteiger partial charge in [0.1, 0.15) is 5.82 Å². The summed E-state index contributed by atoms with van der Waals surface area (Å²) in [4.78, 5) is 33.8. The molecule has 2 amide bonds. The Hall–Kier alpha value is -3.16. The van der Waals surface area contributed by atoms with E-state index in [4.69, 9.17) is 0 Å². The fraction of sp³-hybridized carbons (Fsp3) is 0.368. The first kappa shape index (κ1) is 17.3. The van der Waals surface area contributed by atoms with Crippen molar-refractivity contribution in [1.29, 1.82) is 0 Å². The van der Waals surface area contributed by atoms with Crippen LogP contribution in [0.15, 0.2) is 41.5 Å². The maximum Gasteiger partial charge on any atom is 0.317 e. The zero-order valence-electron chi connectivity index (χ0n) is 15.2. The Balaban J connectivity index is 1.37. The number of urea groups is 1. The molecule has 27 heavy (non-hydrogen) atoms. The summed E-state index contributed by atoms with van der Waals surface area (Å²) in [5.41, 5.74) is 1.52. The number of hydrogen-bond acceptors (Lipinski definition) is 4. The summed E-state index contributed by atoms with van der Waals surface area (Å²) in [6, 6.07) is 7.43. The van der Waals surface area contributed by atoms with Gasteiger partial charge >= 0.3 is 6.03 Å². The lowest BCUT2D eigenvalue weighted by Crippen LogP contribution is -2.41. The van der Waals surface area contributed by atoms with Gasteiger partial charge < -0.3 is 15.2 Å². The van der Waals surface area contributed by atoms with E-state index < -0.39 is 0 Å². The van der Waals surface area contributed by atoms with Crippen molar-refractivity contribution in [2.75, 3.05) is 6.54 Å². The molecular weight excluding hydrogens is 344 g/mol. The lowest BCUT2D eigenvalue weighted by atomic mass is 10.2. The van der Waals surface area contributed by atoms with Gasteiger partial charge in [0, 0.05) is 37.8 Å². The average Bonchev–Trinajstić information content (AvgIpc) is 3.41. The number of aromatic amines is 1. The highest BCUT2D eigenvalue weighted by atomic mass is 16.2. The van der Waals surface area contributed by atoms with E-state index in [1.165, 1.54) is 0 Å². The molecular formula is C19H22N6O2. The third-order valence-corrected chi connectivity index (χ3v) is 4.66. The van der Waals surface area contributed by atoms with Crippen LogP contribution in [0.4, 0.5) is 4.79 Å². The molecule has 3 aromatic rings. The largest absolute Gasteiger partial charge is 0.338 e. The third kappa shape index (κ3) is 3.99. The minimum absolute atomic E-state index is 0.0931. The summed E-state index contributed by atoms with van der Waals surface area (Å²) < 4.78 is 1.74. The Morgan fingerprint density at radius 1 is 1.37 bits per heavy atom. The van der Waals surface area contributed by atoms with Gasteiger partial charge in [-0.15, -0.1) is 0 Å². The summed E-state index contributed by atoms with van der Waals surface area (Å²) in [6.45, 7) is 0.964. The third-order valence-electron chi connectivity index (χ3n) is 4.66. The van der Waals surface area contributed by atoms with Crippen LogP contribution in [0.5, 0.6) is 0 Å². The summed E-state index contributed by atoms with van der Waals surface area (Å²) in [5, 5.41) is 7.68. The molecule has 1 aliphatic carbocycles. The average molecular weight is 366 g/mol. The number of hydrogen-bond donors (Lipinski definition) is 2. The topological polar surface area (TPSA) is 95.9 Å². The van der Waals surface area contributed by atoms with E-state index in [1.807, 2.05) is 36.3 Å². The normalized spacial score (nSPS) is 13.7. The summed E-state index contributed by atoms with van der Waals surface area (Å²) in [7, 11) is 1.86. The number of carbonyl (C=O) groups excluding carboxylic acids is 1. The van der Waals surface area contributed by atoms with Crippen molar-refractivity contribution in [1.82, 2.24) is 30.0 Å². The number of carbonyl (C=O) groups is 1. The monoisotopic (exact) mass is 366 g/mol. The van der Waals surface area contributed by atoms with Crippen molar-refractivity contribution < 1.29 is 4.79 Å². The van der Waals surface area contributed by atoms with Gasteiger partial charge in [-0.2, -0.15) is 5.10 Å². The molecule has 2 aromatic heterocycles. The number of aromatic nitrogens is 4. The Morgan fingerprint density at radius 2 is 2.19 bits per heavy atom. The highest BCUT2D eigenvalue weighted by molar-refractivity contribution is 5.77. The minimum Gasteiger partial charge on any atom is -0.338 e. The molecule has 2 N–H and O–H groups in total. The number of para-hydroxylation sites is 1. The highest BCUT2D eigenvalue weighted by Gasteiger charge is 2.32. The number of nitrogens with one attached hydrogen (secondary N) is 2. The number of rotatable bonds is 6. The number of amides is 2. The summed E-state index contributed by atoms with van der Waals surface area (Å²) >= 11 is 0.